The van der Waals surface area contributed by atoms with Gasteiger partial charge in [-0.2, -0.15) is 23.0 Å². The average molecular weight is 532 g/mol. The van der Waals surface area contributed by atoms with Crippen LogP contribution in [0, 0.1) is 5.92 Å². The fraction of sp³-hybridized carbons (Fsp3) is 0.409. The summed E-state index contributed by atoms with van der Waals surface area (Å²) in [6, 6.07) is 0.638. The summed E-state index contributed by atoms with van der Waals surface area (Å²) in [5.74, 6) is -5.66. The van der Waals surface area contributed by atoms with Crippen LogP contribution in [0.2, 0.25) is 0 Å². The van der Waals surface area contributed by atoms with Gasteiger partial charge in [-0.3, -0.25) is 4.79 Å². The zero-order valence-corrected chi connectivity index (χ0v) is 19.0. The normalized spacial score (nSPS) is 15.1. The van der Waals surface area contributed by atoms with Gasteiger partial charge in [0.1, 0.15) is 12.9 Å². The van der Waals surface area contributed by atoms with Crippen LogP contribution in [0.5, 0.6) is 5.75 Å². The second kappa shape index (κ2) is 9.94. The number of alkyl halides is 7. The monoisotopic (exact) mass is 532 g/mol. The Morgan fingerprint density at radius 3 is 2.32 bits per heavy atom. The highest BCUT2D eigenvalue weighted by molar-refractivity contribution is 5.95. The molecule has 37 heavy (non-hydrogen) atoms. The summed E-state index contributed by atoms with van der Waals surface area (Å²) in [6.45, 7) is 0.579. The lowest BCUT2D eigenvalue weighted by Gasteiger charge is -2.20. The summed E-state index contributed by atoms with van der Waals surface area (Å²) in [4.78, 5) is 24.7. The molecule has 1 saturated carbocycles. The number of ether oxygens (including phenoxy) is 1. The van der Waals surface area contributed by atoms with Crippen molar-refractivity contribution in [3.05, 3.63) is 59.4 Å². The molecule has 0 aliphatic heterocycles. The number of aromatic nitrogens is 5. The number of amides is 1. The highest BCUT2D eigenvalue weighted by Gasteiger charge is 2.49. The largest absolute Gasteiger partial charge is 0.484 e. The van der Waals surface area contributed by atoms with Crippen molar-refractivity contribution < 1.29 is 40.3 Å². The Kier molecular flexibility index (Phi) is 7.06. The molecule has 15 heteroatoms. The van der Waals surface area contributed by atoms with E-state index in [2.05, 4.69) is 25.4 Å². The number of benzene rings is 1. The highest BCUT2D eigenvalue weighted by Crippen LogP contribution is 2.50. The van der Waals surface area contributed by atoms with Crippen LogP contribution in [0.4, 0.5) is 30.7 Å². The van der Waals surface area contributed by atoms with E-state index in [-0.39, 0.29) is 30.4 Å². The standard InChI is InChI=1S/C22H19F7N6O2/c1-11(18-32-10-33-35(18)20-30-7-16(8-31-20)37-9-17(23)24)34-19(36)12-4-14(21(25,26)13-2-3-13)6-15(5-12)22(27,28)29/h4-8,10-11,13,17H,2-3,9H2,1H3,(H,34,36)/t11-/m0/s1. The molecule has 2 heterocycles. The molecule has 1 fully saturated rings. The van der Waals surface area contributed by atoms with Crippen LogP contribution in [0.3, 0.4) is 0 Å². The Bertz CT molecular complexity index is 1260. The quantitative estimate of drug-likeness (QED) is 0.401. The maximum absolute atomic E-state index is 14.6. The maximum Gasteiger partial charge on any atom is 0.416 e. The lowest BCUT2D eigenvalue weighted by atomic mass is 9.97. The van der Waals surface area contributed by atoms with Crippen LogP contribution in [0.15, 0.2) is 36.9 Å². The Hall–Kier alpha value is -3.78. The van der Waals surface area contributed by atoms with Crippen molar-refractivity contribution in [2.24, 2.45) is 5.92 Å². The first-order valence-corrected chi connectivity index (χ1v) is 10.9. The van der Waals surface area contributed by atoms with Gasteiger partial charge in [-0.05, 0) is 38.0 Å². The van der Waals surface area contributed by atoms with Gasteiger partial charge in [0, 0.05) is 17.0 Å². The summed E-state index contributed by atoms with van der Waals surface area (Å²) in [7, 11) is 0. The molecule has 4 rings (SSSR count). The molecule has 198 valence electrons. The van der Waals surface area contributed by atoms with Gasteiger partial charge in [0.25, 0.3) is 24.2 Å². The molecule has 1 aromatic carbocycles. The van der Waals surface area contributed by atoms with Crippen molar-refractivity contribution >= 4 is 5.91 Å². The molecule has 1 amide bonds. The van der Waals surface area contributed by atoms with Crippen LogP contribution in [0.1, 0.15) is 53.1 Å². The van der Waals surface area contributed by atoms with Gasteiger partial charge in [0.05, 0.1) is 24.0 Å². The lowest BCUT2D eigenvalue weighted by molar-refractivity contribution is -0.137. The fourth-order valence-corrected chi connectivity index (χ4v) is 3.49. The van der Waals surface area contributed by atoms with E-state index in [1.165, 1.54) is 6.92 Å². The number of nitrogens with zero attached hydrogens (tertiary/aromatic N) is 5. The second-order valence-electron chi connectivity index (χ2n) is 8.34. The van der Waals surface area contributed by atoms with E-state index >= 15 is 0 Å². The van der Waals surface area contributed by atoms with E-state index in [9.17, 15) is 35.5 Å². The summed E-state index contributed by atoms with van der Waals surface area (Å²) in [5, 5.41) is 6.35. The Morgan fingerprint density at radius 2 is 1.73 bits per heavy atom. The van der Waals surface area contributed by atoms with Gasteiger partial charge in [0.2, 0.25) is 0 Å². The molecule has 0 saturated heterocycles. The predicted octanol–water partition coefficient (Wildman–Crippen LogP) is 4.71. The van der Waals surface area contributed by atoms with Crippen molar-refractivity contribution in [2.45, 2.75) is 44.3 Å². The van der Waals surface area contributed by atoms with E-state index < -0.39 is 59.7 Å². The topological polar surface area (TPSA) is 94.8 Å². The SMILES string of the molecule is C[C@H](NC(=O)c1cc(C(F)(F)F)cc(C(F)(F)C2CC2)c1)c1ncnn1-c1ncc(OCC(F)F)cn1. The molecule has 1 aliphatic carbocycles. The molecule has 0 bridgehead atoms. The van der Waals surface area contributed by atoms with Crippen molar-refractivity contribution in [2.75, 3.05) is 6.61 Å². The molecule has 1 atom stereocenters. The number of hydrogen-bond donors (Lipinski definition) is 1. The third kappa shape index (κ3) is 5.97. The molecule has 3 aromatic rings. The number of hydrogen-bond acceptors (Lipinski definition) is 6. The van der Waals surface area contributed by atoms with E-state index in [1.54, 1.807) is 0 Å². The predicted molar refractivity (Wildman–Crippen MR) is 112 cm³/mol. The van der Waals surface area contributed by atoms with Crippen LogP contribution >= 0.6 is 0 Å². The molecular formula is C22H19F7N6O2. The molecule has 0 spiro atoms. The lowest BCUT2D eigenvalue weighted by Crippen LogP contribution is -2.30. The minimum Gasteiger partial charge on any atom is -0.484 e. The van der Waals surface area contributed by atoms with E-state index in [0.717, 1.165) is 29.5 Å². The number of rotatable bonds is 9. The summed E-state index contributed by atoms with van der Waals surface area (Å²) in [5.41, 5.74) is -2.85. The Labute approximate surface area is 204 Å². The van der Waals surface area contributed by atoms with Crippen LogP contribution in [-0.2, 0) is 12.1 Å². The second-order valence-corrected chi connectivity index (χ2v) is 8.34. The first-order valence-electron chi connectivity index (χ1n) is 10.9. The van der Waals surface area contributed by atoms with Crippen molar-refractivity contribution in [3.8, 4) is 11.7 Å². The average Bonchev–Trinajstić information content (AvgIpc) is 3.60. The minimum atomic E-state index is -4.95. The fourth-order valence-electron chi connectivity index (χ4n) is 3.49. The highest BCUT2D eigenvalue weighted by atomic mass is 19.4. The van der Waals surface area contributed by atoms with Crippen LogP contribution in [0.25, 0.3) is 5.95 Å². The van der Waals surface area contributed by atoms with Crippen LogP contribution < -0.4 is 10.1 Å². The van der Waals surface area contributed by atoms with Gasteiger partial charge < -0.3 is 10.1 Å². The van der Waals surface area contributed by atoms with E-state index in [0.29, 0.717) is 12.1 Å². The third-order valence-corrected chi connectivity index (χ3v) is 5.49. The molecule has 0 radical (unpaired) electrons. The first kappa shape index (κ1) is 26.3. The van der Waals surface area contributed by atoms with Gasteiger partial charge >= 0.3 is 6.18 Å². The number of nitrogens with one attached hydrogen (secondary N) is 1. The molecular weight excluding hydrogens is 513 g/mol. The van der Waals surface area contributed by atoms with Crippen molar-refractivity contribution in [1.29, 1.82) is 0 Å². The Morgan fingerprint density at radius 1 is 1.08 bits per heavy atom. The Balaban J connectivity index is 1.55. The zero-order chi connectivity index (χ0) is 27.0. The number of carbonyl (C=O) groups excluding carboxylic acids is 1. The summed E-state index contributed by atoms with van der Waals surface area (Å²) < 4.78 is 99.9. The molecule has 1 N–H and O–H groups in total. The number of halogens is 7. The summed E-state index contributed by atoms with van der Waals surface area (Å²) in [6.07, 6.45) is -3.95. The van der Waals surface area contributed by atoms with Gasteiger partial charge in [-0.1, -0.05) is 0 Å². The van der Waals surface area contributed by atoms with Crippen LogP contribution in [-0.4, -0.2) is 43.7 Å². The molecule has 8 nitrogen and oxygen atoms in total. The van der Waals surface area contributed by atoms with Gasteiger partial charge in [0.15, 0.2) is 11.6 Å². The molecule has 0 unspecified atom stereocenters. The smallest absolute Gasteiger partial charge is 0.416 e. The minimum absolute atomic E-state index is 0.0320. The zero-order valence-electron chi connectivity index (χ0n) is 19.0. The van der Waals surface area contributed by atoms with Gasteiger partial charge in [-0.25, -0.2) is 32.5 Å². The number of carbonyl (C=O) groups is 1. The van der Waals surface area contributed by atoms with E-state index in [4.69, 9.17) is 4.74 Å². The first-order chi connectivity index (χ1) is 17.4. The van der Waals surface area contributed by atoms with E-state index in [1.807, 2.05) is 0 Å². The summed E-state index contributed by atoms with van der Waals surface area (Å²) >= 11 is 0. The van der Waals surface area contributed by atoms with Crippen molar-refractivity contribution in [1.82, 2.24) is 30.0 Å². The third-order valence-electron chi connectivity index (χ3n) is 5.49. The van der Waals surface area contributed by atoms with Gasteiger partial charge in [-0.15, -0.1) is 0 Å². The molecule has 2 aromatic heterocycles. The van der Waals surface area contributed by atoms with Crippen molar-refractivity contribution in [3.63, 3.8) is 0 Å². The molecule has 1 aliphatic rings. The maximum atomic E-state index is 14.6.